The maximum Gasteiger partial charge on any atom is 0.314 e. The number of aldehydes is 1. The minimum Gasteiger partial charge on any atom is -0.415 e. The van der Waals surface area contributed by atoms with Crippen LogP contribution in [0.5, 0.6) is 0 Å². The first-order valence-corrected chi connectivity index (χ1v) is 13.6. The number of carbonyl (C=O) groups is 2. The number of piperazine rings is 1. The Bertz CT molecular complexity index is 1390. The van der Waals surface area contributed by atoms with Crippen LogP contribution in [0.3, 0.4) is 0 Å². The van der Waals surface area contributed by atoms with Gasteiger partial charge in [0.2, 0.25) is 5.89 Å². The Hall–Kier alpha value is -3.87. The van der Waals surface area contributed by atoms with E-state index in [4.69, 9.17) is 4.42 Å². The molecular weight excluding hydrogens is 556 g/mol. The van der Waals surface area contributed by atoms with E-state index in [1.54, 1.807) is 44.0 Å². The number of anilines is 1. The normalized spacial score (nSPS) is 14.8. The summed E-state index contributed by atoms with van der Waals surface area (Å²) in [5, 5.41) is 6.91. The molecule has 0 atom stereocenters. The standard InChI is InChI=1S/C29H34F4N6O3/c1-5-29(32,33)17-38-10-12-39(13-11-38)21-8-9-22(23(14-21)28(2,3)18-40)27(41)37(4)16-20-7-6-19(15-34-20)25-35-36-26(42-25)24(30)31/h6-9,14-15,18,24H,5,10-13,16-17H2,1-4H3. The monoisotopic (exact) mass is 590 g/mol. The van der Waals surface area contributed by atoms with Gasteiger partial charge in [0.15, 0.2) is 0 Å². The van der Waals surface area contributed by atoms with E-state index >= 15 is 0 Å². The van der Waals surface area contributed by atoms with Crippen molar-refractivity contribution in [3.05, 3.63) is 59.2 Å². The molecule has 13 heteroatoms. The molecule has 1 aliphatic heterocycles. The first-order chi connectivity index (χ1) is 19.8. The van der Waals surface area contributed by atoms with Gasteiger partial charge >= 0.3 is 6.43 Å². The van der Waals surface area contributed by atoms with E-state index < -0.39 is 23.7 Å². The highest BCUT2D eigenvalue weighted by Gasteiger charge is 2.32. The molecule has 1 amide bonds. The number of pyridine rings is 1. The molecule has 0 aliphatic carbocycles. The number of nitrogens with zero attached hydrogens (tertiary/aromatic N) is 6. The molecule has 1 fully saturated rings. The highest BCUT2D eigenvalue weighted by atomic mass is 19.3. The van der Waals surface area contributed by atoms with Crippen LogP contribution in [-0.4, -0.2) is 82.9 Å². The maximum absolute atomic E-state index is 13.9. The Morgan fingerprint density at radius 3 is 2.40 bits per heavy atom. The lowest BCUT2D eigenvalue weighted by Crippen LogP contribution is -2.50. The van der Waals surface area contributed by atoms with E-state index in [1.165, 1.54) is 18.0 Å². The molecule has 1 saturated heterocycles. The van der Waals surface area contributed by atoms with Gasteiger partial charge in [0, 0.05) is 62.5 Å². The van der Waals surface area contributed by atoms with Crippen molar-refractivity contribution < 1.29 is 31.6 Å². The Kier molecular flexibility index (Phi) is 9.29. The molecular formula is C29H34F4N6O3. The van der Waals surface area contributed by atoms with Crippen molar-refractivity contribution in [1.82, 2.24) is 25.0 Å². The maximum atomic E-state index is 13.9. The Balaban J connectivity index is 1.48. The van der Waals surface area contributed by atoms with E-state index in [0.717, 1.165) is 12.0 Å². The molecule has 3 heterocycles. The average molecular weight is 591 g/mol. The molecule has 3 aromatic rings. The summed E-state index contributed by atoms with van der Waals surface area (Å²) in [6.07, 6.45) is -0.884. The fourth-order valence-electron chi connectivity index (χ4n) is 4.72. The zero-order valence-corrected chi connectivity index (χ0v) is 24.0. The van der Waals surface area contributed by atoms with Crippen molar-refractivity contribution in [3.8, 4) is 11.5 Å². The van der Waals surface area contributed by atoms with Gasteiger partial charge < -0.3 is 19.0 Å². The number of hydrogen-bond donors (Lipinski definition) is 0. The van der Waals surface area contributed by atoms with Gasteiger partial charge in [-0.25, -0.2) is 8.78 Å². The second-order valence-electron chi connectivity index (χ2n) is 11.0. The Labute approximate surface area is 241 Å². The second-order valence-corrected chi connectivity index (χ2v) is 11.0. The van der Waals surface area contributed by atoms with E-state index in [1.807, 2.05) is 12.1 Å². The van der Waals surface area contributed by atoms with Crippen molar-refractivity contribution in [2.24, 2.45) is 0 Å². The molecule has 1 aliphatic rings. The van der Waals surface area contributed by atoms with E-state index in [0.29, 0.717) is 48.6 Å². The highest BCUT2D eigenvalue weighted by molar-refractivity contribution is 5.97. The summed E-state index contributed by atoms with van der Waals surface area (Å²) in [6.45, 7) is 6.87. The van der Waals surface area contributed by atoms with Crippen molar-refractivity contribution in [3.63, 3.8) is 0 Å². The fourth-order valence-corrected chi connectivity index (χ4v) is 4.72. The zero-order valence-electron chi connectivity index (χ0n) is 24.0. The van der Waals surface area contributed by atoms with Crippen LogP contribution in [0.25, 0.3) is 11.5 Å². The first kappa shape index (κ1) is 31.1. The molecule has 0 spiro atoms. The van der Waals surface area contributed by atoms with Crippen LogP contribution in [0.2, 0.25) is 0 Å². The van der Waals surface area contributed by atoms with Crippen LogP contribution in [0.1, 0.15) is 61.1 Å². The van der Waals surface area contributed by atoms with E-state index in [2.05, 4.69) is 20.1 Å². The summed E-state index contributed by atoms with van der Waals surface area (Å²) >= 11 is 0. The topological polar surface area (TPSA) is 95.7 Å². The second kappa shape index (κ2) is 12.6. The summed E-state index contributed by atoms with van der Waals surface area (Å²) in [5.41, 5.74) is 1.66. The summed E-state index contributed by atoms with van der Waals surface area (Å²) < 4.78 is 58.1. The third-order valence-corrected chi connectivity index (χ3v) is 7.38. The van der Waals surface area contributed by atoms with Crippen LogP contribution >= 0.6 is 0 Å². The van der Waals surface area contributed by atoms with Crippen LogP contribution in [0.4, 0.5) is 23.2 Å². The van der Waals surface area contributed by atoms with Gasteiger partial charge in [0.05, 0.1) is 24.3 Å². The van der Waals surface area contributed by atoms with Crippen LogP contribution in [-0.2, 0) is 16.8 Å². The largest absolute Gasteiger partial charge is 0.415 e. The average Bonchev–Trinajstić information content (AvgIpc) is 3.48. The lowest BCUT2D eigenvalue weighted by Gasteiger charge is -2.38. The van der Waals surface area contributed by atoms with Gasteiger partial charge in [0.25, 0.3) is 17.7 Å². The van der Waals surface area contributed by atoms with Crippen LogP contribution in [0, 0.1) is 0 Å². The zero-order chi connectivity index (χ0) is 30.7. The lowest BCUT2D eigenvalue weighted by atomic mass is 9.82. The predicted octanol–water partition coefficient (Wildman–Crippen LogP) is 4.99. The molecule has 42 heavy (non-hydrogen) atoms. The molecule has 0 unspecified atom stereocenters. The minimum atomic E-state index is -2.88. The SMILES string of the molecule is CCC(F)(F)CN1CCN(c2ccc(C(=O)N(C)Cc3ccc(-c4nnc(C(F)F)o4)cn3)c(C(C)(C)C=O)c2)CC1. The summed E-state index contributed by atoms with van der Waals surface area (Å²) in [4.78, 5) is 35.2. The van der Waals surface area contributed by atoms with Crippen molar-refractivity contribution in [2.45, 2.75) is 51.5 Å². The molecule has 0 radical (unpaired) electrons. The molecule has 0 bridgehead atoms. The molecule has 2 aromatic heterocycles. The lowest BCUT2D eigenvalue weighted by molar-refractivity contribution is -0.111. The highest BCUT2D eigenvalue weighted by Crippen LogP contribution is 2.31. The number of amides is 1. The number of rotatable bonds is 11. The first-order valence-electron chi connectivity index (χ1n) is 13.6. The number of hydrogen-bond acceptors (Lipinski definition) is 8. The van der Waals surface area contributed by atoms with Gasteiger partial charge in [0.1, 0.15) is 6.29 Å². The van der Waals surface area contributed by atoms with Crippen LogP contribution < -0.4 is 4.90 Å². The van der Waals surface area contributed by atoms with Gasteiger partial charge in [-0.3, -0.25) is 14.7 Å². The number of alkyl halides is 4. The minimum absolute atomic E-state index is 0.0880. The number of halogens is 4. The Morgan fingerprint density at radius 1 is 1.12 bits per heavy atom. The molecule has 226 valence electrons. The van der Waals surface area contributed by atoms with Gasteiger partial charge in [-0.2, -0.15) is 8.78 Å². The molecule has 4 rings (SSSR count). The molecule has 9 nitrogen and oxygen atoms in total. The number of aromatic nitrogens is 3. The third-order valence-electron chi connectivity index (χ3n) is 7.38. The smallest absolute Gasteiger partial charge is 0.314 e. The predicted molar refractivity (Wildman–Crippen MR) is 148 cm³/mol. The summed E-state index contributed by atoms with van der Waals surface area (Å²) in [6, 6.07) is 8.55. The third kappa shape index (κ3) is 7.12. The van der Waals surface area contributed by atoms with Crippen LogP contribution in [0.15, 0.2) is 40.9 Å². The van der Waals surface area contributed by atoms with Crippen molar-refractivity contribution in [2.75, 3.05) is 44.7 Å². The summed E-state index contributed by atoms with van der Waals surface area (Å²) in [7, 11) is 1.61. The van der Waals surface area contributed by atoms with Gasteiger partial charge in [-0.05, 0) is 49.7 Å². The Morgan fingerprint density at radius 2 is 1.83 bits per heavy atom. The summed E-state index contributed by atoms with van der Waals surface area (Å²) in [5.74, 6) is -3.90. The van der Waals surface area contributed by atoms with Crippen molar-refractivity contribution >= 4 is 17.9 Å². The molecule has 1 aromatic carbocycles. The van der Waals surface area contributed by atoms with E-state index in [-0.39, 0.29) is 31.3 Å². The van der Waals surface area contributed by atoms with Gasteiger partial charge in [-0.1, -0.05) is 6.92 Å². The number of benzene rings is 1. The quantitative estimate of drug-likeness (QED) is 0.228. The van der Waals surface area contributed by atoms with Crippen molar-refractivity contribution in [1.29, 1.82) is 0 Å². The fraction of sp³-hybridized carbons (Fsp3) is 0.483. The van der Waals surface area contributed by atoms with E-state index in [9.17, 15) is 27.2 Å². The van der Waals surface area contributed by atoms with Gasteiger partial charge in [-0.15, -0.1) is 10.2 Å². The molecule has 0 N–H and O–H groups in total. The number of carbonyl (C=O) groups excluding carboxylic acids is 2. The molecule has 0 saturated carbocycles.